The van der Waals surface area contributed by atoms with E-state index in [4.69, 9.17) is 0 Å². The van der Waals surface area contributed by atoms with Crippen molar-refractivity contribution >= 4 is 27.4 Å². The molecule has 0 radical (unpaired) electrons. The maximum atomic E-state index is 13.5. The van der Waals surface area contributed by atoms with Gasteiger partial charge in [-0.15, -0.1) is 0 Å². The Morgan fingerprint density at radius 1 is 1.20 bits per heavy atom. The zero-order chi connectivity index (χ0) is 19.8. The van der Waals surface area contributed by atoms with Crippen LogP contribution in [0.5, 0.6) is 0 Å². The van der Waals surface area contributed by atoms with Crippen LogP contribution in [-0.4, -0.2) is 24.7 Å². The fourth-order valence-electron chi connectivity index (χ4n) is 1.92. The van der Waals surface area contributed by atoms with Gasteiger partial charge in [0.25, 0.3) is 0 Å². The van der Waals surface area contributed by atoms with Crippen LogP contribution < -0.4 is 5.32 Å². The minimum atomic E-state index is -4.63. The van der Waals surface area contributed by atoms with Crippen LogP contribution in [0, 0.1) is 0 Å². The molecule has 0 saturated heterocycles. The first-order valence-electron chi connectivity index (χ1n) is 7.37. The minimum Gasteiger partial charge on any atom is -0.393 e. The lowest BCUT2D eigenvalue weighted by Gasteiger charge is -2.14. The molecule has 0 aromatic heterocycles. The standard InChI is InChI=1S/C18H22BrF3N2O/c1-7-14(15(8-2)10-23-6)9-16(18(20,21)22)12(4)24-17(11(3)19)13(5)25/h7-10,23H,2H2,1,3-6H3/b14-7+,15-10+,16-9+,17-11+,24-12+. The van der Waals surface area contributed by atoms with Crippen LogP contribution in [0.3, 0.4) is 0 Å². The number of allylic oxidation sites excluding steroid dienone is 8. The Morgan fingerprint density at radius 2 is 1.76 bits per heavy atom. The van der Waals surface area contributed by atoms with Crippen LogP contribution in [0.2, 0.25) is 0 Å². The van der Waals surface area contributed by atoms with Crippen LogP contribution in [0.25, 0.3) is 0 Å². The topological polar surface area (TPSA) is 41.5 Å². The van der Waals surface area contributed by atoms with Crippen molar-refractivity contribution in [2.75, 3.05) is 7.05 Å². The third kappa shape index (κ3) is 7.25. The molecule has 138 valence electrons. The van der Waals surface area contributed by atoms with E-state index in [1.165, 1.54) is 19.9 Å². The van der Waals surface area contributed by atoms with E-state index < -0.39 is 17.5 Å². The summed E-state index contributed by atoms with van der Waals surface area (Å²) in [5, 5.41) is 2.76. The number of rotatable bonds is 7. The van der Waals surface area contributed by atoms with Crippen LogP contribution in [0.1, 0.15) is 27.7 Å². The van der Waals surface area contributed by atoms with Gasteiger partial charge in [0.05, 0.1) is 11.3 Å². The lowest BCUT2D eigenvalue weighted by molar-refractivity contribution is -0.113. The van der Waals surface area contributed by atoms with Crippen molar-refractivity contribution in [3.63, 3.8) is 0 Å². The number of Topliss-reactive ketones (excluding diaryl/α,β-unsaturated/α-hetero) is 1. The number of halogens is 4. The number of nitrogens with one attached hydrogen (secondary N) is 1. The van der Waals surface area contributed by atoms with Gasteiger partial charge in [-0.1, -0.05) is 34.7 Å². The molecule has 25 heavy (non-hydrogen) atoms. The number of carbonyl (C=O) groups is 1. The maximum absolute atomic E-state index is 13.5. The number of alkyl halides is 3. The molecule has 0 aromatic carbocycles. The average molecular weight is 419 g/mol. The van der Waals surface area contributed by atoms with Gasteiger partial charge >= 0.3 is 6.18 Å². The molecule has 0 spiro atoms. The third-order valence-corrected chi connectivity index (χ3v) is 3.47. The third-order valence-electron chi connectivity index (χ3n) is 3.10. The monoisotopic (exact) mass is 418 g/mol. The summed E-state index contributed by atoms with van der Waals surface area (Å²) in [7, 11) is 1.64. The summed E-state index contributed by atoms with van der Waals surface area (Å²) in [6.45, 7) is 9.26. The van der Waals surface area contributed by atoms with Crippen molar-refractivity contribution in [1.29, 1.82) is 0 Å². The van der Waals surface area contributed by atoms with E-state index in [1.54, 1.807) is 33.2 Å². The fraction of sp³-hybridized carbons (Fsp3) is 0.333. The number of nitrogens with zero attached hydrogens (tertiary/aromatic N) is 1. The van der Waals surface area contributed by atoms with E-state index in [9.17, 15) is 18.0 Å². The number of ketones is 1. The van der Waals surface area contributed by atoms with Gasteiger partial charge in [-0.25, -0.2) is 4.99 Å². The lowest BCUT2D eigenvalue weighted by Crippen LogP contribution is -2.19. The highest BCUT2D eigenvalue weighted by Crippen LogP contribution is 2.30. The van der Waals surface area contributed by atoms with Gasteiger partial charge in [-0.3, -0.25) is 4.79 Å². The second-order valence-corrected chi connectivity index (χ2v) is 6.22. The first kappa shape index (κ1) is 23.1. The fourth-order valence-corrected chi connectivity index (χ4v) is 2.29. The molecule has 0 bridgehead atoms. The van der Waals surface area contributed by atoms with E-state index in [2.05, 4.69) is 32.8 Å². The quantitative estimate of drug-likeness (QED) is 0.342. The second kappa shape index (κ2) is 10.2. The zero-order valence-corrected chi connectivity index (χ0v) is 16.5. The van der Waals surface area contributed by atoms with Crippen LogP contribution in [0.4, 0.5) is 13.2 Å². The Morgan fingerprint density at radius 3 is 2.08 bits per heavy atom. The van der Waals surface area contributed by atoms with Gasteiger partial charge in [0, 0.05) is 24.7 Å². The molecular weight excluding hydrogens is 397 g/mol. The summed E-state index contributed by atoms with van der Waals surface area (Å²) < 4.78 is 40.9. The summed E-state index contributed by atoms with van der Waals surface area (Å²) in [5.41, 5.74) is -0.459. The predicted molar refractivity (Wildman–Crippen MR) is 101 cm³/mol. The highest BCUT2D eigenvalue weighted by Gasteiger charge is 2.36. The van der Waals surface area contributed by atoms with Crippen LogP contribution in [-0.2, 0) is 4.79 Å². The van der Waals surface area contributed by atoms with Crippen molar-refractivity contribution in [1.82, 2.24) is 5.32 Å². The molecule has 7 heteroatoms. The molecule has 0 aromatic rings. The molecule has 0 atom stereocenters. The second-order valence-electron chi connectivity index (χ2n) is 5.03. The number of hydrogen-bond acceptors (Lipinski definition) is 3. The molecule has 0 aliphatic carbocycles. The summed E-state index contributed by atoms with van der Waals surface area (Å²) in [6.07, 6.45) is 0.900. The van der Waals surface area contributed by atoms with Gasteiger partial charge in [-0.2, -0.15) is 13.2 Å². The molecular formula is C18H22BrF3N2O. The van der Waals surface area contributed by atoms with Crippen molar-refractivity contribution in [3.8, 4) is 0 Å². The molecule has 0 aliphatic heterocycles. The summed E-state index contributed by atoms with van der Waals surface area (Å²) in [4.78, 5) is 15.5. The zero-order valence-electron chi connectivity index (χ0n) is 14.9. The Balaban J connectivity index is 6.39. The number of carbonyl (C=O) groups excluding carboxylic acids is 1. The largest absolute Gasteiger partial charge is 0.418 e. The van der Waals surface area contributed by atoms with E-state index in [1.807, 2.05) is 0 Å². The van der Waals surface area contributed by atoms with E-state index >= 15 is 0 Å². The molecule has 3 nitrogen and oxygen atoms in total. The molecule has 1 N–H and O–H groups in total. The highest BCUT2D eigenvalue weighted by molar-refractivity contribution is 9.11. The van der Waals surface area contributed by atoms with Crippen molar-refractivity contribution in [2.45, 2.75) is 33.9 Å². The minimum absolute atomic E-state index is 0.0515. The van der Waals surface area contributed by atoms with Crippen molar-refractivity contribution in [2.24, 2.45) is 4.99 Å². The van der Waals surface area contributed by atoms with Gasteiger partial charge in [-0.05, 0) is 38.0 Å². The smallest absolute Gasteiger partial charge is 0.393 e. The maximum Gasteiger partial charge on any atom is 0.418 e. The molecule has 0 aliphatic rings. The molecule has 0 unspecified atom stereocenters. The lowest BCUT2D eigenvalue weighted by atomic mass is 10.0. The van der Waals surface area contributed by atoms with Gasteiger partial charge in [0.15, 0.2) is 5.78 Å². The van der Waals surface area contributed by atoms with Crippen molar-refractivity contribution in [3.05, 3.63) is 57.9 Å². The van der Waals surface area contributed by atoms with Gasteiger partial charge in [0.2, 0.25) is 0 Å². The SMILES string of the molecule is C=CC(=C\NC)/C(=C/C)/C=C(\C(C)=N\C(C(C)=O)=C(/C)Br)C(F)(F)F. The first-order chi connectivity index (χ1) is 11.5. The summed E-state index contributed by atoms with van der Waals surface area (Å²) >= 11 is 3.10. The molecule has 0 rings (SSSR count). The predicted octanol–water partition coefficient (Wildman–Crippen LogP) is 5.39. The Hall–Kier alpha value is -1.89. The highest BCUT2D eigenvalue weighted by atomic mass is 79.9. The average Bonchev–Trinajstić information content (AvgIpc) is 2.49. The molecule has 0 amide bonds. The Kier molecular flexibility index (Phi) is 9.41. The van der Waals surface area contributed by atoms with Gasteiger partial charge in [0.1, 0.15) is 5.70 Å². The van der Waals surface area contributed by atoms with Crippen LogP contribution in [0.15, 0.2) is 62.9 Å². The van der Waals surface area contributed by atoms with Crippen molar-refractivity contribution < 1.29 is 18.0 Å². The molecule has 0 saturated carbocycles. The van der Waals surface area contributed by atoms with E-state index in [-0.39, 0.29) is 11.4 Å². The Bertz CT molecular complexity index is 677. The number of hydrogen-bond donors (Lipinski definition) is 1. The first-order valence-corrected chi connectivity index (χ1v) is 8.17. The van der Waals surface area contributed by atoms with Crippen LogP contribution >= 0.6 is 15.9 Å². The summed E-state index contributed by atoms with van der Waals surface area (Å²) in [5.74, 6) is -0.427. The summed E-state index contributed by atoms with van der Waals surface area (Å²) in [6, 6.07) is 0. The normalized spacial score (nSPS) is 15.7. The molecule has 0 heterocycles. The van der Waals surface area contributed by atoms with Gasteiger partial charge < -0.3 is 5.32 Å². The Labute approximate surface area is 154 Å². The molecule has 0 fully saturated rings. The number of aliphatic imine (C=N–C) groups is 1. The van der Waals surface area contributed by atoms with E-state index in [0.29, 0.717) is 15.6 Å². The van der Waals surface area contributed by atoms with E-state index in [0.717, 1.165) is 6.08 Å².